The van der Waals surface area contributed by atoms with Gasteiger partial charge in [0.05, 0.1) is 12.2 Å². The average Bonchev–Trinajstić information content (AvgIpc) is 2.58. The van der Waals surface area contributed by atoms with E-state index in [-0.39, 0.29) is 6.10 Å². The van der Waals surface area contributed by atoms with Gasteiger partial charge >= 0.3 is 0 Å². The van der Waals surface area contributed by atoms with Crippen molar-refractivity contribution in [1.82, 2.24) is 5.32 Å². The predicted octanol–water partition coefficient (Wildman–Crippen LogP) is 3.27. The minimum Gasteiger partial charge on any atom is -0.370 e. The highest BCUT2D eigenvalue weighted by Gasteiger charge is 2.25. The van der Waals surface area contributed by atoms with Crippen LogP contribution in [0.2, 0.25) is 0 Å². The Balaban J connectivity index is 2.16. The number of ether oxygens (including phenoxy) is 1. The van der Waals surface area contributed by atoms with Crippen molar-refractivity contribution in [3.8, 4) is 0 Å². The molecule has 2 rings (SSSR count). The Hall–Kier alpha value is -0.380. The Kier molecular flexibility index (Phi) is 3.67. The predicted molar refractivity (Wildman–Crippen MR) is 69.0 cm³/mol. The minimum absolute atomic E-state index is 0.275. The van der Waals surface area contributed by atoms with Crippen LogP contribution in [0.15, 0.2) is 5.38 Å². The van der Waals surface area contributed by atoms with Crippen LogP contribution >= 0.6 is 11.3 Å². The van der Waals surface area contributed by atoms with E-state index in [1.807, 2.05) is 11.3 Å². The number of hydrogen-bond acceptors (Lipinski definition) is 3. The second-order valence-electron chi connectivity index (χ2n) is 4.93. The molecule has 0 fully saturated rings. The van der Waals surface area contributed by atoms with E-state index in [0.717, 1.165) is 13.0 Å². The third-order valence-electron chi connectivity index (χ3n) is 3.01. The van der Waals surface area contributed by atoms with Gasteiger partial charge in [0, 0.05) is 17.5 Å². The molecule has 1 aromatic heterocycles. The minimum atomic E-state index is 0.275. The highest BCUT2D eigenvalue weighted by molar-refractivity contribution is 7.10. The van der Waals surface area contributed by atoms with Crippen LogP contribution in [0.3, 0.4) is 0 Å². The summed E-state index contributed by atoms with van der Waals surface area (Å²) in [6.07, 6.45) is 1.70. The topological polar surface area (TPSA) is 21.3 Å². The first kappa shape index (κ1) is 12.1. The maximum atomic E-state index is 5.84. The van der Waals surface area contributed by atoms with Crippen LogP contribution in [-0.4, -0.2) is 12.1 Å². The molecule has 0 bridgehead atoms. The van der Waals surface area contributed by atoms with Gasteiger partial charge in [0.25, 0.3) is 0 Å². The standard InChI is InChI=1S/C13H21NOS/c1-8(2)14-6-11-7-16-13-10(4)15-9(3)5-12(11)13/h7-10,14H,5-6H2,1-4H3. The number of nitrogens with one attached hydrogen (secondary N) is 1. The first-order valence-corrected chi connectivity index (χ1v) is 6.94. The first-order chi connectivity index (χ1) is 7.58. The molecule has 0 aromatic carbocycles. The van der Waals surface area contributed by atoms with Gasteiger partial charge in [0.1, 0.15) is 0 Å². The van der Waals surface area contributed by atoms with E-state index in [9.17, 15) is 0 Å². The lowest BCUT2D eigenvalue weighted by Crippen LogP contribution is -2.25. The second kappa shape index (κ2) is 4.86. The van der Waals surface area contributed by atoms with Gasteiger partial charge in [-0.25, -0.2) is 0 Å². The van der Waals surface area contributed by atoms with Gasteiger partial charge in [0.15, 0.2) is 0 Å². The molecule has 2 atom stereocenters. The zero-order chi connectivity index (χ0) is 11.7. The molecule has 1 aliphatic heterocycles. The quantitative estimate of drug-likeness (QED) is 0.874. The van der Waals surface area contributed by atoms with Crippen LogP contribution in [0.5, 0.6) is 0 Å². The molecule has 90 valence electrons. The highest BCUT2D eigenvalue weighted by Crippen LogP contribution is 2.36. The van der Waals surface area contributed by atoms with Crippen molar-refractivity contribution < 1.29 is 4.74 Å². The summed E-state index contributed by atoms with van der Waals surface area (Å²) in [5, 5.41) is 5.78. The second-order valence-corrected chi connectivity index (χ2v) is 5.84. The van der Waals surface area contributed by atoms with Gasteiger partial charge in [-0.2, -0.15) is 0 Å². The molecule has 0 radical (unpaired) electrons. The summed E-state index contributed by atoms with van der Waals surface area (Å²) in [7, 11) is 0. The zero-order valence-corrected chi connectivity index (χ0v) is 11.4. The molecule has 1 N–H and O–H groups in total. The number of rotatable bonds is 3. The van der Waals surface area contributed by atoms with Gasteiger partial charge in [-0.3, -0.25) is 0 Å². The molecule has 1 aromatic rings. The van der Waals surface area contributed by atoms with E-state index >= 15 is 0 Å². The summed E-state index contributed by atoms with van der Waals surface area (Å²) < 4.78 is 5.84. The van der Waals surface area contributed by atoms with Crippen molar-refractivity contribution in [2.45, 2.75) is 58.9 Å². The smallest absolute Gasteiger partial charge is 0.0895 e. The van der Waals surface area contributed by atoms with Crippen LogP contribution < -0.4 is 5.32 Å². The Labute approximate surface area is 102 Å². The molecule has 0 amide bonds. The average molecular weight is 239 g/mol. The van der Waals surface area contributed by atoms with Crippen molar-refractivity contribution in [3.63, 3.8) is 0 Å². The molecule has 0 aliphatic carbocycles. The first-order valence-electron chi connectivity index (χ1n) is 6.06. The number of hydrogen-bond donors (Lipinski definition) is 1. The maximum Gasteiger partial charge on any atom is 0.0895 e. The molecule has 3 heteroatoms. The summed E-state index contributed by atoms with van der Waals surface area (Å²) in [6, 6.07) is 0.547. The molecule has 2 nitrogen and oxygen atoms in total. The largest absolute Gasteiger partial charge is 0.370 e. The molecular weight excluding hydrogens is 218 g/mol. The lowest BCUT2D eigenvalue weighted by Gasteiger charge is -2.26. The van der Waals surface area contributed by atoms with Crippen LogP contribution in [0.25, 0.3) is 0 Å². The summed E-state index contributed by atoms with van der Waals surface area (Å²) in [4.78, 5) is 1.43. The van der Waals surface area contributed by atoms with Crippen molar-refractivity contribution in [2.75, 3.05) is 0 Å². The highest BCUT2D eigenvalue weighted by atomic mass is 32.1. The van der Waals surface area contributed by atoms with E-state index < -0.39 is 0 Å². The van der Waals surface area contributed by atoms with E-state index in [0.29, 0.717) is 12.1 Å². The molecule has 0 saturated heterocycles. The van der Waals surface area contributed by atoms with Crippen LogP contribution in [0, 0.1) is 0 Å². The maximum absolute atomic E-state index is 5.84. The van der Waals surface area contributed by atoms with Gasteiger partial charge in [0.2, 0.25) is 0 Å². The van der Waals surface area contributed by atoms with E-state index in [2.05, 4.69) is 38.4 Å². The number of thiophene rings is 1. The monoisotopic (exact) mass is 239 g/mol. The molecular formula is C13H21NOS. The zero-order valence-electron chi connectivity index (χ0n) is 10.5. The molecule has 2 unspecified atom stereocenters. The summed E-state index contributed by atoms with van der Waals surface area (Å²) in [5.74, 6) is 0. The van der Waals surface area contributed by atoms with Crippen LogP contribution in [-0.2, 0) is 17.7 Å². The fraction of sp³-hybridized carbons (Fsp3) is 0.692. The van der Waals surface area contributed by atoms with Gasteiger partial charge in [-0.15, -0.1) is 11.3 Å². The van der Waals surface area contributed by atoms with Crippen molar-refractivity contribution in [3.05, 3.63) is 21.4 Å². The van der Waals surface area contributed by atoms with Gasteiger partial charge < -0.3 is 10.1 Å². The fourth-order valence-electron chi connectivity index (χ4n) is 2.22. The fourth-order valence-corrected chi connectivity index (χ4v) is 3.31. The normalized spacial score (nSPS) is 24.8. The lowest BCUT2D eigenvalue weighted by atomic mass is 9.99. The van der Waals surface area contributed by atoms with Crippen molar-refractivity contribution >= 4 is 11.3 Å². The third-order valence-corrected chi connectivity index (χ3v) is 4.25. The summed E-state index contributed by atoms with van der Waals surface area (Å²) in [6.45, 7) is 9.69. The van der Waals surface area contributed by atoms with E-state index in [1.54, 1.807) is 0 Å². The summed E-state index contributed by atoms with van der Waals surface area (Å²) in [5.41, 5.74) is 3.00. The lowest BCUT2D eigenvalue weighted by molar-refractivity contribution is -0.00237. The number of fused-ring (bicyclic) bond motifs is 1. The van der Waals surface area contributed by atoms with Gasteiger partial charge in [-0.1, -0.05) is 13.8 Å². The van der Waals surface area contributed by atoms with E-state index in [1.165, 1.54) is 16.0 Å². The molecule has 2 heterocycles. The molecule has 0 saturated carbocycles. The Morgan fingerprint density at radius 3 is 2.94 bits per heavy atom. The van der Waals surface area contributed by atoms with Gasteiger partial charge in [-0.05, 0) is 36.8 Å². The molecule has 1 aliphatic rings. The Bertz CT molecular complexity index is 359. The Morgan fingerprint density at radius 2 is 2.25 bits per heavy atom. The van der Waals surface area contributed by atoms with Crippen LogP contribution in [0.1, 0.15) is 49.8 Å². The van der Waals surface area contributed by atoms with Crippen molar-refractivity contribution in [1.29, 1.82) is 0 Å². The van der Waals surface area contributed by atoms with Crippen molar-refractivity contribution in [2.24, 2.45) is 0 Å². The molecule has 16 heavy (non-hydrogen) atoms. The summed E-state index contributed by atoms with van der Waals surface area (Å²) >= 11 is 1.85. The van der Waals surface area contributed by atoms with Crippen LogP contribution in [0.4, 0.5) is 0 Å². The van der Waals surface area contributed by atoms with E-state index in [4.69, 9.17) is 4.74 Å². The Morgan fingerprint density at radius 1 is 1.50 bits per heavy atom. The molecule has 0 spiro atoms. The third kappa shape index (κ3) is 2.47. The SMILES string of the molecule is CC(C)NCc1csc2c1CC(C)OC2C.